The van der Waals surface area contributed by atoms with Gasteiger partial charge in [-0.25, -0.2) is 0 Å². The molecule has 3 rings (SSSR count). The fourth-order valence-corrected chi connectivity index (χ4v) is 3.86. The topological polar surface area (TPSA) is 48.4 Å². The van der Waals surface area contributed by atoms with Crippen LogP contribution in [0.3, 0.4) is 0 Å². The zero-order valence-corrected chi connectivity index (χ0v) is 19.7. The normalized spacial score (nSPS) is 20.1. The highest BCUT2D eigenvalue weighted by molar-refractivity contribution is 6.42. The van der Waals surface area contributed by atoms with Crippen molar-refractivity contribution in [1.82, 2.24) is 4.98 Å². The van der Waals surface area contributed by atoms with E-state index in [1.54, 1.807) is 38.1 Å². The lowest BCUT2D eigenvalue weighted by Crippen LogP contribution is -2.11. The standard InChI is InChI=1S/C21H16Cl4F3NO3/c1-20(2)12(7-15(24)21(26,27)28)16(20)19(30)31-9-10-3-5-11(6-4-10)32-18-14(23)8-13(22)17(25)29-18/h3-8,12,16H,9H2,1-2H3. The minimum absolute atomic E-state index is 0.0438. The van der Waals surface area contributed by atoms with Crippen LogP contribution in [-0.2, 0) is 16.1 Å². The number of allylic oxidation sites excluding steroid dienone is 2. The van der Waals surface area contributed by atoms with Crippen molar-refractivity contribution in [2.75, 3.05) is 0 Å². The van der Waals surface area contributed by atoms with E-state index in [4.69, 9.17) is 55.9 Å². The Morgan fingerprint density at radius 1 is 1.16 bits per heavy atom. The minimum atomic E-state index is -4.64. The van der Waals surface area contributed by atoms with Crippen molar-refractivity contribution >= 4 is 52.4 Å². The van der Waals surface area contributed by atoms with E-state index in [1.165, 1.54) is 6.07 Å². The van der Waals surface area contributed by atoms with Gasteiger partial charge in [0.2, 0.25) is 5.88 Å². The Hall–Kier alpha value is -1.67. The molecule has 1 aliphatic rings. The highest BCUT2D eigenvalue weighted by atomic mass is 35.5. The van der Waals surface area contributed by atoms with Gasteiger partial charge in [0.05, 0.1) is 10.9 Å². The van der Waals surface area contributed by atoms with E-state index in [1.807, 2.05) is 0 Å². The molecule has 0 amide bonds. The maximum absolute atomic E-state index is 12.7. The lowest BCUT2D eigenvalue weighted by molar-refractivity contribution is -0.147. The molecule has 1 aromatic carbocycles. The maximum Gasteiger partial charge on any atom is 0.426 e. The number of ether oxygens (including phenoxy) is 2. The van der Waals surface area contributed by atoms with Gasteiger partial charge in [-0.1, -0.05) is 78.5 Å². The van der Waals surface area contributed by atoms with Crippen molar-refractivity contribution in [3.63, 3.8) is 0 Å². The van der Waals surface area contributed by atoms with Gasteiger partial charge in [0.1, 0.15) is 22.4 Å². The van der Waals surface area contributed by atoms with E-state index in [2.05, 4.69) is 4.98 Å². The summed E-state index contributed by atoms with van der Waals surface area (Å²) < 4.78 is 48.9. The van der Waals surface area contributed by atoms with Crippen LogP contribution in [0.5, 0.6) is 11.6 Å². The molecule has 32 heavy (non-hydrogen) atoms. The van der Waals surface area contributed by atoms with Crippen LogP contribution in [0.1, 0.15) is 19.4 Å². The zero-order valence-electron chi connectivity index (χ0n) is 16.6. The number of benzene rings is 1. The molecule has 1 fully saturated rings. The molecule has 0 radical (unpaired) electrons. The molecule has 0 N–H and O–H groups in total. The molecule has 2 unspecified atom stereocenters. The van der Waals surface area contributed by atoms with Gasteiger partial charge in [-0.2, -0.15) is 18.2 Å². The first-order valence-corrected chi connectivity index (χ1v) is 10.7. The summed E-state index contributed by atoms with van der Waals surface area (Å²) in [5.41, 5.74) is -0.0236. The summed E-state index contributed by atoms with van der Waals surface area (Å²) in [5, 5.41) is -0.822. The second-order valence-electron chi connectivity index (χ2n) is 7.74. The van der Waals surface area contributed by atoms with Gasteiger partial charge < -0.3 is 9.47 Å². The molecule has 2 aromatic rings. The van der Waals surface area contributed by atoms with Gasteiger partial charge in [-0.15, -0.1) is 0 Å². The molecule has 11 heteroatoms. The molecule has 1 aliphatic carbocycles. The lowest BCUT2D eigenvalue weighted by Gasteiger charge is -2.09. The highest BCUT2D eigenvalue weighted by Gasteiger charge is 2.62. The second kappa shape index (κ2) is 9.29. The van der Waals surface area contributed by atoms with Crippen LogP contribution < -0.4 is 4.74 Å². The first kappa shape index (κ1) is 25.0. The molecule has 0 bridgehead atoms. The van der Waals surface area contributed by atoms with E-state index in [9.17, 15) is 18.0 Å². The summed E-state index contributed by atoms with van der Waals surface area (Å²) in [6.07, 6.45) is -3.77. The van der Waals surface area contributed by atoms with Gasteiger partial charge in [0, 0.05) is 0 Å². The molecule has 4 nitrogen and oxygen atoms in total. The van der Waals surface area contributed by atoms with Gasteiger partial charge >= 0.3 is 12.1 Å². The van der Waals surface area contributed by atoms with E-state index in [0.29, 0.717) is 11.3 Å². The molecule has 2 atom stereocenters. The van der Waals surface area contributed by atoms with Crippen LogP contribution >= 0.6 is 46.4 Å². The molecule has 172 valence electrons. The van der Waals surface area contributed by atoms with Crippen LogP contribution in [0.2, 0.25) is 15.2 Å². The van der Waals surface area contributed by atoms with Crippen LogP contribution in [0.4, 0.5) is 13.2 Å². The Morgan fingerprint density at radius 2 is 1.78 bits per heavy atom. The van der Waals surface area contributed by atoms with Crippen molar-refractivity contribution in [2.45, 2.75) is 26.6 Å². The largest absolute Gasteiger partial charge is 0.461 e. The predicted octanol–water partition coefficient (Wildman–Crippen LogP) is 7.83. The third-order valence-corrected chi connectivity index (χ3v) is 6.42. The number of hydrogen-bond donors (Lipinski definition) is 0. The van der Waals surface area contributed by atoms with Gasteiger partial charge in [-0.05, 0) is 35.1 Å². The monoisotopic (exact) mass is 527 g/mol. The number of halogens is 7. The fourth-order valence-electron chi connectivity index (χ4n) is 3.20. The second-order valence-corrected chi connectivity index (χ2v) is 9.32. The molecule has 1 saturated carbocycles. The summed E-state index contributed by atoms with van der Waals surface area (Å²) in [6, 6.07) is 7.94. The third-order valence-electron chi connectivity index (χ3n) is 5.13. The number of rotatable bonds is 6. The summed E-state index contributed by atoms with van der Waals surface area (Å²) in [6.45, 7) is 3.32. The maximum atomic E-state index is 12.7. The van der Waals surface area contributed by atoms with Gasteiger partial charge in [-0.3, -0.25) is 4.79 Å². The Morgan fingerprint density at radius 3 is 2.38 bits per heavy atom. The Balaban J connectivity index is 1.59. The number of esters is 1. The Labute approximate surface area is 202 Å². The number of nitrogens with zero attached hydrogens (tertiary/aromatic N) is 1. The number of alkyl halides is 3. The quantitative estimate of drug-likeness (QED) is 0.283. The summed E-state index contributed by atoms with van der Waals surface area (Å²) >= 11 is 23.0. The molecule has 0 aliphatic heterocycles. The van der Waals surface area contributed by atoms with E-state index in [-0.39, 0.29) is 27.7 Å². The van der Waals surface area contributed by atoms with Crippen LogP contribution in [-0.4, -0.2) is 17.1 Å². The fraction of sp³-hybridized carbons (Fsp3) is 0.333. The predicted molar refractivity (Wildman–Crippen MR) is 116 cm³/mol. The van der Waals surface area contributed by atoms with Crippen molar-refractivity contribution in [2.24, 2.45) is 17.3 Å². The third kappa shape index (κ3) is 5.63. The van der Waals surface area contributed by atoms with Crippen molar-refractivity contribution in [3.8, 4) is 11.6 Å². The SMILES string of the molecule is CC1(C)C(C=C(Cl)C(F)(F)F)C1C(=O)OCc1ccc(Oc2nc(Cl)c(Cl)cc2Cl)cc1. The number of carbonyl (C=O) groups excluding carboxylic acids is 1. The first-order valence-electron chi connectivity index (χ1n) is 9.20. The number of aromatic nitrogens is 1. The van der Waals surface area contributed by atoms with Crippen molar-refractivity contribution in [1.29, 1.82) is 0 Å². The molecule has 1 aromatic heterocycles. The zero-order chi connectivity index (χ0) is 23.8. The van der Waals surface area contributed by atoms with E-state index >= 15 is 0 Å². The summed E-state index contributed by atoms with van der Waals surface area (Å²) in [7, 11) is 0. The summed E-state index contributed by atoms with van der Waals surface area (Å²) in [5.74, 6) is -1.46. The van der Waals surface area contributed by atoms with Crippen LogP contribution in [0, 0.1) is 17.3 Å². The number of carbonyl (C=O) groups is 1. The molecule has 0 spiro atoms. The van der Waals surface area contributed by atoms with E-state index in [0.717, 1.165) is 6.08 Å². The highest BCUT2D eigenvalue weighted by Crippen LogP contribution is 2.60. The van der Waals surface area contributed by atoms with E-state index < -0.39 is 34.4 Å². The lowest BCUT2D eigenvalue weighted by atomic mass is 10.1. The molecular weight excluding hydrogens is 513 g/mol. The number of pyridine rings is 1. The van der Waals surface area contributed by atoms with Crippen molar-refractivity contribution < 1.29 is 27.4 Å². The average molecular weight is 529 g/mol. The van der Waals surface area contributed by atoms with Gasteiger partial charge in [0.25, 0.3) is 0 Å². The van der Waals surface area contributed by atoms with Crippen LogP contribution in [0.15, 0.2) is 41.4 Å². The Bertz CT molecular complexity index is 1060. The average Bonchev–Trinajstić information content (AvgIpc) is 3.24. The number of hydrogen-bond acceptors (Lipinski definition) is 4. The molecular formula is C21H16Cl4F3NO3. The van der Waals surface area contributed by atoms with Crippen molar-refractivity contribution in [3.05, 3.63) is 62.2 Å². The minimum Gasteiger partial charge on any atom is -0.461 e. The molecule has 0 saturated heterocycles. The van der Waals surface area contributed by atoms with Crippen LogP contribution in [0.25, 0.3) is 0 Å². The molecule has 1 heterocycles. The Kier molecular flexibility index (Phi) is 7.25. The summed E-state index contributed by atoms with van der Waals surface area (Å²) in [4.78, 5) is 16.4. The smallest absolute Gasteiger partial charge is 0.426 e. The first-order chi connectivity index (χ1) is 14.8. The van der Waals surface area contributed by atoms with Gasteiger partial charge in [0.15, 0.2) is 5.15 Å².